The van der Waals surface area contributed by atoms with Crippen LogP contribution in [0.2, 0.25) is 0 Å². The zero-order valence-corrected chi connectivity index (χ0v) is 14.0. The van der Waals surface area contributed by atoms with Gasteiger partial charge in [-0.1, -0.05) is 6.07 Å². The van der Waals surface area contributed by atoms with Gasteiger partial charge in [0.15, 0.2) is 0 Å². The third kappa shape index (κ3) is 4.43. The minimum atomic E-state index is -0.159. The molecule has 1 aliphatic rings. The molecule has 2 N–H and O–H groups in total. The van der Waals surface area contributed by atoms with Crippen LogP contribution in [0.3, 0.4) is 0 Å². The molecule has 8 heteroatoms. The maximum Gasteiger partial charge on any atom is 0.321 e. The summed E-state index contributed by atoms with van der Waals surface area (Å²) in [6, 6.07) is 8.70. The van der Waals surface area contributed by atoms with E-state index in [1.807, 2.05) is 0 Å². The normalized spacial score (nSPS) is 14.1. The molecule has 0 radical (unpaired) electrons. The highest BCUT2D eigenvalue weighted by atomic mass is 16.2. The molecule has 0 unspecified atom stereocenters. The van der Waals surface area contributed by atoms with E-state index in [0.717, 1.165) is 0 Å². The number of nitrogens with zero attached hydrogens (tertiary/aromatic N) is 4. The Labute approximate surface area is 145 Å². The van der Waals surface area contributed by atoms with Gasteiger partial charge in [-0.15, -0.1) is 0 Å². The van der Waals surface area contributed by atoms with Gasteiger partial charge in [0.1, 0.15) is 0 Å². The lowest BCUT2D eigenvalue weighted by Gasteiger charge is -2.34. The molecule has 2 aromatic rings. The van der Waals surface area contributed by atoms with Crippen LogP contribution in [-0.4, -0.2) is 53.0 Å². The summed E-state index contributed by atoms with van der Waals surface area (Å²) in [6.45, 7) is 4.00. The first-order chi connectivity index (χ1) is 12.1. The number of benzene rings is 1. The fourth-order valence-corrected chi connectivity index (χ4v) is 2.64. The molecule has 0 spiro atoms. The number of urea groups is 1. The average Bonchev–Trinajstić information content (AvgIpc) is 2.62. The summed E-state index contributed by atoms with van der Waals surface area (Å²) in [5.74, 6) is 0.535. The Morgan fingerprint density at radius 2 is 1.60 bits per heavy atom. The summed E-state index contributed by atoms with van der Waals surface area (Å²) in [7, 11) is 0. The number of carbonyl (C=O) groups is 2. The van der Waals surface area contributed by atoms with E-state index in [9.17, 15) is 9.59 Å². The summed E-state index contributed by atoms with van der Waals surface area (Å²) in [4.78, 5) is 35.8. The second-order valence-electron chi connectivity index (χ2n) is 5.72. The lowest BCUT2D eigenvalue weighted by atomic mass is 10.2. The van der Waals surface area contributed by atoms with Crippen LogP contribution >= 0.6 is 0 Å². The summed E-state index contributed by atoms with van der Waals surface area (Å²) in [5.41, 5.74) is 1.29. The van der Waals surface area contributed by atoms with E-state index in [-0.39, 0.29) is 11.9 Å². The van der Waals surface area contributed by atoms with E-state index in [1.165, 1.54) is 6.92 Å². The number of amides is 3. The van der Waals surface area contributed by atoms with Gasteiger partial charge in [0, 0.05) is 56.9 Å². The van der Waals surface area contributed by atoms with Crippen LogP contribution in [0.1, 0.15) is 6.92 Å². The van der Waals surface area contributed by atoms with Crippen molar-refractivity contribution in [2.24, 2.45) is 0 Å². The minimum absolute atomic E-state index is 0.150. The molecule has 0 saturated carbocycles. The Balaban J connectivity index is 1.55. The van der Waals surface area contributed by atoms with Crippen molar-refractivity contribution >= 4 is 29.3 Å². The molecule has 0 atom stereocenters. The molecule has 3 amide bonds. The monoisotopic (exact) mass is 340 g/mol. The second-order valence-corrected chi connectivity index (χ2v) is 5.72. The standard InChI is InChI=1S/C17H20N6O2/c1-13(24)20-14-4-2-5-15(12-14)21-17(25)23-10-8-22(9-11-23)16-18-6-3-7-19-16/h2-7,12H,8-11H2,1H3,(H,20,24)(H,21,25). The Kier molecular flexibility index (Phi) is 5.08. The van der Waals surface area contributed by atoms with E-state index in [2.05, 4.69) is 25.5 Å². The second kappa shape index (κ2) is 7.61. The van der Waals surface area contributed by atoms with E-state index in [1.54, 1.807) is 47.6 Å². The highest BCUT2D eigenvalue weighted by Crippen LogP contribution is 2.16. The van der Waals surface area contributed by atoms with Crippen LogP contribution in [0.25, 0.3) is 0 Å². The van der Waals surface area contributed by atoms with Crippen LogP contribution in [0.5, 0.6) is 0 Å². The molecular weight excluding hydrogens is 320 g/mol. The summed E-state index contributed by atoms with van der Waals surface area (Å²) in [5, 5.41) is 5.56. The van der Waals surface area contributed by atoms with Crippen molar-refractivity contribution in [1.82, 2.24) is 14.9 Å². The minimum Gasteiger partial charge on any atom is -0.337 e. The Hall–Kier alpha value is -3.16. The topological polar surface area (TPSA) is 90.5 Å². The van der Waals surface area contributed by atoms with Gasteiger partial charge in [-0.3, -0.25) is 4.79 Å². The Morgan fingerprint density at radius 3 is 2.24 bits per heavy atom. The van der Waals surface area contributed by atoms with Crippen LogP contribution in [0.15, 0.2) is 42.7 Å². The fourth-order valence-electron chi connectivity index (χ4n) is 2.64. The van der Waals surface area contributed by atoms with E-state index in [0.29, 0.717) is 43.5 Å². The number of hydrogen-bond acceptors (Lipinski definition) is 5. The van der Waals surface area contributed by atoms with Crippen LogP contribution < -0.4 is 15.5 Å². The largest absolute Gasteiger partial charge is 0.337 e. The molecule has 8 nitrogen and oxygen atoms in total. The molecule has 1 fully saturated rings. The van der Waals surface area contributed by atoms with Crippen molar-refractivity contribution in [3.63, 3.8) is 0 Å². The third-order valence-corrected chi connectivity index (χ3v) is 3.84. The van der Waals surface area contributed by atoms with E-state index in [4.69, 9.17) is 0 Å². The van der Waals surface area contributed by atoms with Gasteiger partial charge in [-0.25, -0.2) is 14.8 Å². The summed E-state index contributed by atoms with van der Waals surface area (Å²) < 4.78 is 0. The SMILES string of the molecule is CC(=O)Nc1cccc(NC(=O)N2CCN(c3ncccn3)CC2)c1. The smallest absolute Gasteiger partial charge is 0.321 e. The van der Waals surface area contributed by atoms with Gasteiger partial charge < -0.3 is 20.4 Å². The summed E-state index contributed by atoms with van der Waals surface area (Å²) in [6.07, 6.45) is 3.42. The number of rotatable bonds is 3. The number of carbonyl (C=O) groups excluding carboxylic acids is 2. The number of anilines is 3. The highest BCUT2D eigenvalue weighted by molar-refractivity contribution is 5.92. The van der Waals surface area contributed by atoms with Gasteiger partial charge in [-0.2, -0.15) is 0 Å². The van der Waals surface area contributed by atoms with Gasteiger partial charge >= 0.3 is 6.03 Å². The van der Waals surface area contributed by atoms with Crippen molar-refractivity contribution in [2.45, 2.75) is 6.92 Å². The van der Waals surface area contributed by atoms with Gasteiger partial charge in [-0.05, 0) is 24.3 Å². The number of hydrogen-bond donors (Lipinski definition) is 2. The van der Waals surface area contributed by atoms with Crippen molar-refractivity contribution in [2.75, 3.05) is 41.7 Å². The molecular formula is C17H20N6O2. The van der Waals surface area contributed by atoms with Crippen LogP contribution in [0.4, 0.5) is 22.1 Å². The maximum atomic E-state index is 12.4. The molecule has 1 saturated heterocycles. The van der Waals surface area contributed by atoms with Gasteiger partial charge in [0.2, 0.25) is 11.9 Å². The molecule has 1 aliphatic heterocycles. The van der Waals surface area contributed by atoms with Gasteiger partial charge in [0.05, 0.1) is 0 Å². The first-order valence-corrected chi connectivity index (χ1v) is 8.07. The molecule has 0 aliphatic carbocycles. The highest BCUT2D eigenvalue weighted by Gasteiger charge is 2.22. The summed E-state index contributed by atoms with van der Waals surface area (Å²) >= 11 is 0. The van der Waals surface area contributed by atoms with Crippen molar-refractivity contribution < 1.29 is 9.59 Å². The fraction of sp³-hybridized carbons (Fsp3) is 0.294. The molecule has 1 aromatic carbocycles. The first kappa shape index (κ1) is 16.7. The van der Waals surface area contributed by atoms with E-state index < -0.39 is 0 Å². The Morgan fingerprint density at radius 1 is 0.960 bits per heavy atom. The first-order valence-electron chi connectivity index (χ1n) is 8.07. The molecule has 2 heterocycles. The lowest BCUT2D eigenvalue weighted by Crippen LogP contribution is -2.50. The van der Waals surface area contributed by atoms with Crippen molar-refractivity contribution in [3.05, 3.63) is 42.7 Å². The molecule has 130 valence electrons. The molecule has 3 rings (SSSR count). The zero-order chi connectivity index (χ0) is 17.6. The molecule has 0 bridgehead atoms. The predicted octanol–water partition coefficient (Wildman–Crippen LogP) is 1.79. The Bertz CT molecular complexity index is 744. The predicted molar refractivity (Wildman–Crippen MR) is 95.6 cm³/mol. The number of aromatic nitrogens is 2. The van der Waals surface area contributed by atoms with Crippen LogP contribution in [0, 0.1) is 0 Å². The quantitative estimate of drug-likeness (QED) is 0.889. The van der Waals surface area contributed by atoms with Gasteiger partial charge in [0.25, 0.3) is 0 Å². The van der Waals surface area contributed by atoms with Crippen molar-refractivity contribution in [3.8, 4) is 0 Å². The maximum absolute atomic E-state index is 12.4. The average molecular weight is 340 g/mol. The number of nitrogens with one attached hydrogen (secondary N) is 2. The lowest BCUT2D eigenvalue weighted by molar-refractivity contribution is -0.114. The third-order valence-electron chi connectivity index (χ3n) is 3.84. The van der Waals surface area contributed by atoms with Crippen LogP contribution in [-0.2, 0) is 4.79 Å². The molecule has 1 aromatic heterocycles. The van der Waals surface area contributed by atoms with Crippen molar-refractivity contribution in [1.29, 1.82) is 0 Å². The zero-order valence-electron chi connectivity index (χ0n) is 14.0. The molecule has 25 heavy (non-hydrogen) atoms. The number of piperazine rings is 1. The van der Waals surface area contributed by atoms with E-state index >= 15 is 0 Å².